The van der Waals surface area contributed by atoms with Gasteiger partial charge in [-0.15, -0.1) is 0 Å². The highest BCUT2D eigenvalue weighted by Gasteiger charge is 2.36. The number of nitrogens with zero attached hydrogens (tertiary/aromatic N) is 1. The molecule has 1 aliphatic rings. The molecule has 296 valence electrons. The molecule has 11 rings (SSSR count). The number of anilines is 6. The molecule has 0 fully saturated rings. The fourth-order valence-electron chi connectivity index (χ4n) is 9.78. The Labute approximate surface area is 361 Å². The average molecular weight is 797 g/mol. The summed E-state index contributed by atoms with van der Waals surface area (Å²) in [6.45, 7) is 4.71. The summed E-state index contributed by atoms with van der Waals surface area (Å²) >= 11 is 0. The quantitative estimate of drug-likeness (QED) is 0.0590. The number of fused-ring (bicyclic) bond motifs is 8. The third-order valence-electron chi connectivity index (χ3n) is 12.7. The Morgan fingerprint density at radius 1 is 0.452 bits per heavy atom. The minimum absolute atomic E-state index is 0.214. The zero-order valence-electron chi connectivity index (χ0n) is 34.7. The number of allylic oxidation sites excluding steroid dienone is 3. The number of nitrogens with one attached hydrogen (secondary N) is 3. The second-order valence-corrected chi connectivity index (χ2v) is 16.7. The number of benzene rings is 10. The fraction of sp³-hybridized carbons (Fsp3) is 0.0517. The van der Waals surface area contributed by atoms with Gasteiger partial charge >= 0.3 is 0 Å². The molecule has 0 aliphatic heterocycles. The molecule has 0 bridgehead atoms. The molecule has 0 saturated heterocycles. The Morgan fingerprint density at radius 3 is 1.77 bits per heavy atom. The third-order valence-corrected chi connectivity index (χ3v) is 12.7. The van der Waals surface area contributed by atoms with Gasteiger partial charge in [0.05, 0.1) is 17.1 Å². The molecule has 0 radical (unpaired) electrons. The first-order valence-electron chi connectivity index (χ1n) is 21.3. The molecular weight excluding hydrogens is 753 g/mol. The van der Waals surface area contributed by atoms with Crippen LogP contribution in [0.5, 0.6) is 0 Å². The van der Waals surface area contributed by atoms with Crippen molar-refractivity contribution in [3.63, 3.8) is 0 Å². The largest absolute Gasteiger partial charge is 0.355 e. The summed E-state index contributed by atoms with van der Waals surface area (Å²) in [4.78, 5) is 2.36. The van der Waals surface area contributed by atoms with Crippen molar-refractivity contribution < 1.29 is 0 Å². The van der Waals surface area contributed by atoms with Crippen LogP contribution in [0.15, 0.2) is 206 Å². The molecule has 62 heavy (non-hydrogen) atoms. The standard InChI is InChI=1S/C58H44N4/c1-58(2)51-27-11-10-26-45(51)47-36-49-50(37-52(47)58)57(62(34-13-3-12-33-59)55-30-16-22-40-19-6-9-25-44(40)55)46-32-31-41(60-53-28-14-20-38-17-4-7-23-42(38)53)35-48(46)56(49)61-54-29-15-21-39-18-5-8-24-43(39)54/h3-37,59-61H,1-2H3/b12-3-,34-13+,59-33?. The highest BCUT2D eigenvalue weighted by atomic mass is 15.1. The van der Waals surface area contributed by atoms with Crippen molar-refractivity contribution in [2.24, 2.45) is 0 Å². The lowest BCUT2D eigenvalue weighted by Crippen LogP contribution is -2.15. The van der Waals surface area contributed by atoms with E-state index in [0.717, 1.165) is 66.4 Å². The van der Waals surface area contributed by atoms with Gasteiger partial charge in [0.2, 0.25) is 0 Å². The van der Waals surface area contributed by atoms with Crippen LogP contribution in [0.1, 0.15) is 25.0 Å². The van der Waals surface area contributed by atoms with E-state index >= 15 is 0 Å². The second kappa shape index (κ2) is 14.9. The van der Waals surface area contributed by atoms with Gasteiger partial charge in [-0.1, -0.05) is 159 Å². The van der Waals surface area contributed by atoms with Crippen LogP contribution in [0.4, 0.5) is 34.1 Å². The molecule has 0 heterocycles. The molecule has 0 unspecified atom stereocenters. The molecule has 4 nitrogen and oxygen atoms in total. The van der Waals surface area contributed by atoms with Gasteiger partial charge in [-0.25, -0.2) is 0 Å². The van der Waals surface area contributed by atoms with Gasteiger partial charge in [0.1, 0.15) is 0 Å². The minimum Gasteiger partial charge on any atom is -0.355 e. The molecule has 0 spiro atoms. The summed E-state index contributed by atoms with van der Waals surface area (Å²) in [5.74, 6) is 0. The lowest BCUT2D eigenvalue weighted by molar-refractivity contribution is 0.661. The highest BCUT2D eigenvalue weighted by molar-refractivity contribution is 6.24. The molecule has 0 saturated carbocycles. The van der Waals surface area contributed by atoms with Crippen LogP contribution in [0.2, 0.25) is 0 Å². The molecule has 4 heteroatoms. The Kier molecular flexibility index (Phi) is 8.94. The van der Waals surface area contributed by atoms with Crippen molar-refractivity contribution in [1.29, 1.82) is 5.41 Å². The third kappa shape index (κ3) is 6.11. The van der Waals surface area contributed by atoms with Crippen LogP contribution in [0.25, 0.3) is 65.0 Å². The number of rotatable bonds is 9. The van der Waals surface area contributed by atoms with Crippen molar-refractivity contribution in [2.75, 3.05) is 15.5 Å². The monoisotopic (exact) mass is 796 g/mol. The summed E-state index contributed by atoms with van der Waals surface area (Å²) in [5.41, 5.74) is 11.3. The second-order valence-electron chi connectivity index (χ2n) is 16.7. The highest BCUT2D eigenvalue weighted by Crippen LogP contribution is 2.54. The van der Waals surface area contributed by atoms with E-state index in [0.29, 0.717) is 0 Å². The Balaban J connectivity index is 1.27. The summed E-state index contributed by atoms with van der Waals surface area (Å²) < 4.78 is 0. The van der Waals surface area contributed by atoms with E-state index in [2.05, 4.69) is 218 Å². The van der Waals surface area contributed by atoms with Crippen molar-refractivity contribution in [3.05, 3.63) is 218 Å². The van der Waals surface area contributed by atoms with E-state index in [4.69, 9.17) is 5.41 Å². The maximum Gasteiger partial charge on any atom is 0.0614 e. The summed E-state index contributed by atoms with van der Waals surface area (Å²) in [6.07, 6.45) is 9.19. The van der Waals surface area contributed by atoms with Gasteiger partial charge in [0, 0.05) is 72.6 Å². The summed E-state index contributed by atoms with van der Waals surface area (Å²) in [6, 6.07) is 65.9. The van der Waals surface area contributed by atoms with Gasteiger partial charge in [-0.05, 0) is 93.0 Å². The summed E-state index contributed by atoms with van der Waals surface area (Å²) in [5, 5.41) is 27.2. The van der Waals surface area contributed by atoms with Crippen LogP contribution < -0.4 is 15.5 Å². The lowest BCUT2D eigenvalue weighted by Gasteiger charge is -2.29. The molecule has 0 aromatic heterocycles. The fourth-order valence-corrected chi connectivity index (χ4v) is 9.78. The van der Waals surface area contributed by atoms with E-state index in [9.17, 15) is 0 Å². The molecule has 10 aromatic rings. The summed E-state index contributed by atoms with van der Waals surface area (Å²) in [7, 11) is 0. The molecule has 0 atom stereocenters. The first-order chi connectivity index (χ1) is 30.5. The average Bonchev–Trinajstić information content (AvgIpc) is 3.53. The first kappa shape index (κ1) is 37.1. The number of hydrogen-bond donors (Lipinski definition) is 3. The van der Waals surface area contributed by atoms with Crippen LogP contribution in [-0.2, 0) is 5.41 Å². The molecule has 3 N–H and O–H groups in total. The van der Waals surface area contributed by atoms with Crippen molar-refractivity contribution in [3.8, 4) is 11.1 Å². The Bertz CT molecular complexity index is 3470. The lowest BCUT2D eigenvalue weighted by atomic mass is 9.81. The van der Waals surface area contributed by atoms with E-state index < -0.39 is 0 Å². The van der Waals surface area contributed by atoms with Crippen molar-refractivity contribution in [1.82, 2.24) is 0 Å². The molecular formula is C58H44N4. The topological polar surface area (TPSA) is 51.1 Å². The molecule has 0 amide bonds. The van der Waals surface area contributed by atoms with Gasteiger partial charge < -0.3 is 20.9 Å². The van der Waals surface area contributed by atoms with Gasteiger partial charge in [-0.2, -0.15) is 0 Å². The van der Waals surface area contributed by atoms with Crippen LogP contribution in [0, 0.1) is 5.41 Å². The zero-order chi connectivity index (χ0) is 41.8. The zero-order valence-corrected chi connectivity index (χ0v) is 34.7. The van der Waals surface area contributed by atoms with Gasteiger partial charge in [0.25, 0.3) is 0 Å². The number of hydrogen-bond acceptors (Lipinski definition) is 4. The van der Waals surface area contributed by atoms with Gasteiger partial charge in [-0.3, -0.25) is 0 Å². The molecule has 1 aliphatic carbocycles. The Hall–Kier alpha value is -7.95. The van der Waals surface area contributed by atoms with Crippen LogP contribution >= 0.6 is 0 Å². The first-order valence-corrected chi connectivity index (χ1v) is 21.3. The van der Waals surface area contributed by atoms with E-state index in [1.165, 1.54) is 50.0 Å². The van der Waals surface area contributed by atoms with E-state index in [1.54, 1.807) is 6.08 Å². The van der Waals surface area contributed by atoms with Crippen LogP contribution in [0.3, 0.4) is 0 Å². The van der Waals surface area contributed by atoms with Gasteiger partial charge in [0.15, 0.2) is 0 Å². The predicted octanol–water partition coefficient (Wildman–Crippen LogP) is 16.1. The maximum atomic E-state index is 7.74. The molecule has 10 aromatic carbocycles. The minimum atomic E-state index is -0.214. The van der Waals surface area contributed by atoms with Crippen LogP contribution in [-0.4, -0.2) is 6.21 Å². The normalized spacial score (nSPS) is 13.1. The maximum absolute atomic E-state index is 7.74. The Morgan fingerprint density at radius 2 is 1.05 bits per heavy atom. The van der Waals surface area contributed by atoms with E-state index in [-0.39, 0.29) is 5.41 Å². The smallest absolute Gasteiger partial charge is 0.0614 e. The van der Waals surface area contributed by atoms with Crippen molar-refractivity contribution in [2.45, 2.75) is 19.3 Å². The SMILES string of the molecule is CC1(C)c2ccccc2-c2cc3c(Nc4cccc5ccccc45)c4cc(Nc5cccc6ccccc56)ccc4c(N(/C=C/C=C\C=N)c4cccc5ccccc45)c3cc21. The van der Waals surface area contributed by atoms with E-state index in [1.807, 2.05) is 12.2 Å². The van der Waals surface area contributed by atoms with Crippen molar-refractivity contribution >= 4 is 94.2 Å². The predicted molar refractivity (Wildman–Crippen MR) is 267 cm³/mol.